The molecule has 0 aliphatic carbocycles. The van der Waals surface area contributed by atoms with Gasteiger partial charge in [0.15, 0.2) is 5.84 Å². The maximum Gasteiger partial charge on any atom is 0.283 e. The number of para-hydroxylation sites is 1. The van der Waals surface area contributed by atoms with Crippen LogP contribution in [-0.2, 0) is 4.79 Å². The number of amidine groups is 2. The minimum Gasteiger partial charge on any atom is -0.490 e. The number of hydrogen-bond acceptors (Lipinski definition) is 6. The Labute approximate surface area is 204 Å². The molecule has 0 saturated carbocycles. The molecule has 0 saturated heterocycles. The van der Waals surface area contributed by atoms with Gasteiger partial charge in [0.1, 0.15) is 29.8 Å². The Bertz CT molecular complexity index is 1220. The summed E-state index contributed by atoms with van der Waals surface area (Å²) in [4.78, 5) is 16.8. The number of carbonyl (C=O) groups excluding carboxylic acids is 1. The summed E-state index contributed by atoms with van der Waals surface area (Å²) in [5, 5.41) is 15.6. The molecule has 0 aromatic heterocycles. The van der Waals surface area contributed by atoms with Crippen LogP contribution >= 0.6 is 11.8 Å². The zero-order valence-corrected chi connectivity index (χ0v) is 20.6. The molecule has 0 fully saturated rings. The van der Waals surface area contributed by atoms with Crippen molar-refractivity contribution < 1.29 is 14.3 Å². The monoisotopic (exact) mass is 476 g/mol. The molecule has 0 atom stereocenters. The maximum atomic E-state index is 12.6. The van der Waals surface area contributed by atoms with Gasteiger partial charge in [-0.05, 0) is 60.4 Å². The van der Waals surface area contributed by atoms with Crippen LogP contribution in [0.2, 0.25) is 0 Å². The maximum absolute atomic E-state index is 12.6. The van der Waals surface area contributed by atoms with Gasteiger partial charge in [0.2, 0.25) is 5.17 Å². The van der Waals surface area contributed by atoms with Crippen molar-refractivity contribution in [1.29, 1.82) is 5.41 Å². The highest BCUT2D eigenvalue weighted by atomic mass is 32.2. The van der Waals surface area contributed by atoms with Crippen molar-refractivity contribution in [2.45, 2.75) is 40.0 Å². The van der Waals surface area contributed by atoms with E-state index in [4.69, 9.17) is 14.9 Å². The summed E-state index contributed by atoms with van der Waals surface area (Å²) in [6.45, 7) is 9.03. The lowest BCUT2D eigenvalue weighted by Gasteiger charge is -2.20. The van der Waals surface area contributed by atoms with Gasteiger partial charge in [-0.3, -0.25) is 10.2 Å². The number of nitrogens with zero attached hydrogens (tertiary/aromatic N) is 3. The Morgan fingerprint density at radius 1 is 1.12 bits per heavy atom. The number of fused-ring (bicyclic) bond motifs is 1. The van der Waals surface area contributed by atoms with Gasteiger partial charge in [-0.25, -0.2) is 0 Å². The largest absolute Gasteiger partial charge is 0.490 e. The first-order chi connectivity index (χ1) is 16.4. The molecule has 2 aliphatic rings. The lowest BCUT2D eigenvalue weighted by atomic mass is 10.0. The highest BCUT2D eigenvalue weighted by Crippen LogP contribution is 2.31. The van der Waals surface area contributed by atoms with E-state index in [0.29, 0.717) is 35.6 Å². The van der Waals surface area contributed by atoms with Gasteiger partial charge in [-0.2, -0.15) is 15.1 Å². The first-order valence-corrected chi connectivity index (χ1v) is 12.1. The van der Waals surface area contributed by atoms with Gasteiger partial charge in [0.25, 0.3) is 5.91 Å². The van der Waals surface area contributed by atoms with Crippen LogP contribution in [0, 0.1) is 12.3 Å². The number of hydrazone groups is 1. The number of benzene rings is 2. The van der Waals surface area contributed by atoms with Crippen molar-refractivity contribution in [3.05, 3.63) is 64.7 Å². The van der Waals surface area contributed by atoms with Crippen molar-refractivity contribution in [2.24, 2.45) is 10.1 Å². The van der Waals surface area contributed by atoms with E-state index in [1.165, 1.54) is 22.3 Å². The van der Waals surface area contributed by atoms with Crippen LogP contribution in [0.3, 0.4) is 0 Å². The Kier molecular flexibility index (Phi) is 7.17. The average Bonchev–Trinajstić information content (AvgIpc) is 3.23. The molecule has 176 valence electrons. The first-order valence-electron chi connectivity index (χ1n) is 11.3. The third-order valence-electron chi connectivity index (χ3n) is 5.41. The molecule has 1 N–H and O–H groups in total. The van der Waals surface area contributed by atoms with Crippen molar-refractivity contribution in [3.63, 3.8) is 0 Å². The van der Waals surface area contributed by atoms with Gasteiger partial charge < -0.3 is 9.47 Å². The predicted octanol–water partition coefficient (Wildman–Crippen LogP) is 5.61. The molecule has 2 aliphatic heterocycles. The molecule has 2 aromatic carbocycles. The number of aryl methyl sites for hydroxylation is 1. The Morgan fingerprint density at radius 3 is 2.59 bits per heavy atom. The molecule has 8 heteroatoms. The van der Waals surface area contributed by atoms with Crippen molar-refractivity contribution in [2.75, 3.05) is 13.2 Å². The van der Waals surface area contributed by atoms with Crippen LogP contribution in [0.5, 0.6) is 11.5 Å². The Balaban J connectivity index is 1.47. The lowest BCUT2D eigenvalue weighted by Crippen LogP contribution is -2.35. The predicted molar refractivity (Wildman–Crippen MR) is 138 cm³/mol. The van der Waals surface area contributed by atoms with Gasteiger partial charge in [0, 0.05) is 5.56 Å². The zero-order chi connectivity index (χ0) is 24.2. The van der Waals surface area contributed by atoms with Crippen LogP contribution in [0.15, 0.2) is 58.1 Å². The number of nitrogens with one attached hydrogen (secondary N) is 1. The Morgan fingerprint density at radius 2 is 1.85 bits per heavy atom. The minimum absolute atomic E-state index is 0.0183. The van der Waals surface area contributed by atoms with E-state index in [1.807, 2.05) is 44.2 Å². The molecule has 2 aromatic rings. The van der Waals surface area contributed by atoms with Crippen molar-refractivity contribution in [1.82, 2.24) is 5.01 Å². The second kappa shape index (κ2) is 10.3. The number of carbonyl (C=O) groups is 1. The molecule has 0 bridgehead atoms. The normalized spacial score (nSPS) is 16.6. The van der Waals surface area contributed by atoms with E-state index in [-0.39, 0.29) is 11.4 Å². The zero-order valence-electron chi connectivity index (χ0n) is 19.8. The summed E-state index contributed by atoms with van der Waals surface area (Å²) >= 11 is 1.33. The first kappa shape index (κ1) is 23.8. The van der Waals surface area contributed by atoms with Gasteiger partial charge >= 0.3 is 0 Å². The van der Waals surface area contributed by atoms with Gasteiger partial charge in [0.05, 0.1) is 5.57 Å². The number of amides is 1. The molecule has 34 heavy (non-hydrogen) atoms. The number of hydrogen-bond donors (Lipinski definition) is 1. The van der Waals surface area contributed by atoms with Crippen LogP contribution in [-0.4, -0.2) is 40.2 Å². The summed E-state index contributed by atoms with van der Waals surface area (Å²) in [5.74, 6) is 1.41. The fourth-order valence-electron chi connectivity index (χ4n) is 3.61. The van der Waals surface area contributed by atoms with Gasteiger partial charge in [-0.15, -0.1) is 0 Å². The fourth-order valence-corrected chi connectivity index (χ4v) is 4.43. The molecule has 0 unspecified atom stereocenters. The smallest absolute Gasteiger partial charge is 0.283 e. The highest BCUT2D eigenvalue weighted by molar-refractivity contribution is 8.26. The SMILES string of the molecule is CCC1=NN2C(=N)/C(=C/c3ccccc3OCCOc3cc(C)ccc3C(C)C)C(=O)N=C2S1. The quantitative estimate of drug-likeness (QED) is 0.395. The topological polar surface area (TPSA) is 87.3 Å². The van der Waals surface area contributed by atoms with E-state index in [9.17, 15) is 4.79 Å². The molecule has 0 spiro atoms. The third kappa shape index (κ3) is 5.07. The number of thioether (sulfide) groups is 1. The standard InChI is InChI=1S/C26H28N4O3S/c1-5-23-29-30-24(27)20(25(31)28-26(30)34-23)15-18-8-6-7-9-21(18)32-12-13-33-22-14-17(4)10-11-19(22)16(2)3/h6-11,14-16,27H,5,12-13H2,1-4H3/b20-15-,27-24?. The number of rotatable bonds is 8. The number of aliphatic imine (C=N–C) groups is 1. The number of ether oxygens (including phenoxy) is 2. The van der Waals surface area contributed by atoms with Crippen molar-refractivity contribution in [3.8, 4) is 11.5 Å². The summed E-state index contributed by atoms with van der Waals surface area (Å²) in [6.07, 6.45) is 2.36. The summed E-state index contributed by atoms with van der Waals surface area (Å²) < 4.78 is 12.0. The van der Waals surface area contributed by atoms with E-state index < -0.39 is 5.91 Å². The molecular weight excluding hydrogens is 448 g/mol. The van der Waals surface area contributed by atoms with Crippen LogP contribution in [0.25, 0.3) is 6.08 Å². The second-order valence-corrected chi connectivity index (χ2v) is 9.34. The van der Waals surface area contributed by atoms with Crippen LogP contribution in [0.1, 0.15) is 49.8 Å². The summed E-state index contributed by atoms with van der Waals surface area (Å²) in [7, 11) is 0. The molecule has 0 radical (unpaired) electrons. The van der Waals surface area contributed by atoms with Crippen LogP contribution in [0.4, 0.5) is 0 Å². The molecule has 2 heterocycles. The van der Waals surface area contributed by atoms with E-state index >= 15 is 0 Å². The molecular formula is C26H28N4O3S. The van der Waals surface area contributed by atoms with E-state index in [2.05, 4.69) is 36.1 Å². The molecule has 4 rings (SSSR count). The molecule has 1 amide bonds. The van der Waals surface area contributed by atoms with E-state index in [1.54, 1.807) is 6.08 Å². The minimum atomic E-state index is -0.449. The fraction of sp³-hybridized carbons (Fsp3) is 0.308. The van der Waals surface area contributed by atoms with E-state index in [0.717, 1.165) is 22.8 Å². The van der Waals surface area contributed by atoms with Gasteiger partial charge in [-0.1, -0.05) is 51.1 Å². The van der Waals surface area contributed by atoms with Crippen LogP contribution < -0.4 is 9.47 Å². The Hall–Kier alpha value is -3.39. The molecule has 7 nitrogen and oxygen atoms in total. The lowest BCUT2D eigenvalue weighted by molar-refractivity contribution is -0.114. The summed E-state index contributed by atoms with van der Waals surface area (Å²) in [6, 6.07) is 13.7. The van der Waals surface area contributed by atoms with Crippen molar-refractivity contribution >= 4 is 39.8 Å². The summed E-state index contributed by atoms with van der Waals surface area (Å²) in [5.41, 5.74) is 3.19. The second-order valence-electron chi connectivity index (χ2n) is 8.30. The average molecular weight is 477 g/mol. The third-order valence-corrected chi connectivity index (χ3v) is 6.46. The highest BCUT2D eigenvalue weighted by Gasteiger charge is 2.35.